The van der Waals surface area contributed by atoms with Gasteiger partial charge < -0.3 is 5.11 Å². The van der Waals surface area contributed by atoms with Gasteiger partial charge in [0.05, 0.1) is 11.8 Å². The summed E-state index contributed by atoms with van der Waals surface area (Å²) in [5.41, 5.74) is 1.35. The van der Waals surface area contributed by atoms with E-state index in [2.05, 4.69) is 5.10 Å². The van der Waals surface area contributed by atoms with Gasteiger partial charge in [0.2, 0.25) is 0 Å². The van der Waals surface area contributed by atoms with Crippen LogP contribution in [0.25, 0.3) is 10.4 Å². The van der Waals surface area contributed by atoms with Crippen molar-refractivity contribution in [3.05, 3.63) is 29.4 Å². The van der Waals surface area contributed by atoms with Gasteiger partial charge in [0.1, 0.15) is 0 Å². The van der Waals surface area contributed by atoms with Crippen molar-refractivity contribution in [3.8, 4) is 10.4 Å². The van der Waals surface area contributed by atoms with Crippen molar-refractivity contribution < 1.29 is 9.90 Å². The molecule has 17 heavy (non-hydrogen) atoms. The summed E-state index contributed by atoms with van der Waals surface area (Å²) in [4.78, 5) is 11.8. The standard InChI is InChI=1S/C12H12N2O2S/c15-12(16)9-3-11(17-7-9)10-4-13-14(6-10)5-8-1-2-8/h3-4,6-8H,1-2,5H2,(H,15,16). The Hall–Kier alpha value is -1.62. The van der Waals surface area contributed by atoms with Crippen molar-refractivity contribution in [1.29, 1.82) is 0 Å². The predicted octanol–water partition coefficient (Wildman–Crippen LogP) is 2.72. The van der Waals surface area contributed by atoms with E-state index in [0.717, 1.165) is 22.9 Å². The van der Waals surface area contributed by atoms with Crippen molar-refractivity contribution in [1.82, 2.24) is 9.78 Å². The number of aromatic nitrogens is 2. The van der Waals surface area contributed by atoms with E-state index >= 15 is 0 Å². The van der Waals surface area contributed by atoms with Gasteiger partial charge in [0.15, 0.2) is 0 Å². The fourth-order valence-corrected chi connectivity index (χ4v) is 2.61. The summed E-state index contributed by atoms with van der Waals surface area (Å²) in [6.45, 7) is 0.983. The van der Waals surface area contributed by atoms with Crippen LogP contribution in [0.1, 0.15) is 23.2 Å². The van der Waals surface area contributed by atoms with Crippen LogP contribution in [-0.2, 0) is 6.54 Å². The number of carbonyl (C=O) groups is 1. The van der Waals surface area contributed by atoms with Crippen LogP contribution >= 0.6 is 11.3 Å². The molecule has 0 aliphatic heterocycles. The zero-order valence-electron chi connectivity index (χ0n) is 9.17. The molecule has 5 heteroatoms. The van der Waals surface area contributed by atoms with Gasteiger partial charge >= 0.3 is 5.97 Å². The van der Waals surface area contributed by atoms with E-state index in [1.54, 1.807) is 17.6 Å². The molecule has 1 aliphatic carbocycles. The summed E-state index contributed by atoms with van der Waals surface area (Å²) in [7, 11) is 0. The van der Waals surface area contributed by atoms with E-state index in [4.69, 9.17) is 5.11 Å². The van der Waals surface area contributed by atoms with Crippen LogP contribution in [0.2, 0.25) is 0 Å². The Balaban J connectivity index is 1.81. The predicted molar refractivity (Wildman–Crippen MR) is 65.2 cm³/mol. The van der Waals surface area contributed by atoms with Crippen molar-refractivity contribution in [2.75, 3.05) is 0 Å². The first-order chi connectivity index (χ1) is 8.22. The average Bonchev–Trinajstić information content (AvgIpc) is 2.82. The Kier molecular flexibility index (Phi) is 2.48. The molecule has 0 aromatic carbocycles. The van der Waals surface area contributed by atoms with Crippen molar-refractivity contribution in [2.45, 2.75) is 19.4 Å². The summed E-state index contributed by atoms with van der Waals surface area (Å²) in [5.74, 6) is -0.0847. The molecule has 4 nitrogen and oxygen atoms in total. The second-order valence-corrected chi connectivity index (χ2v) is 5.31. The number of nitrogens with zero attached hydrogens (tertiary/aromatic N) is 2. The monoisotopic (exact) mass is 248 g/mol. The SMILES string of the molecule is O=C(O)c1csc(-c2cnn(CC3CC3)c2)c1. The molecule has 0 unspecified atom stereocenters. The van der Waals surface area contributed by atoms with E-state index < -0.39 is 5.97 Å². The maximum Gasteiger partial charge on any atom is 0.336 e. The van der Waals surface area contributed by atoms with Gasteiger partial charge in [-0.3, -0.25) is 4.68 Å². The van der Waals surface area contributed by atoms with Gasteiger partial charge in [-0.2, -0.15) is 5.10 Å². The fraction of sp³-hybridized carbons (Fsp3) is 0.333. The molecule has 0 saturated heterocycles. The minimum atomic E-state index is -0.877. The molecule has 88 valence electrons. The molecule has 1 saturated carbocycles. The van der Waals surface area contributed by atoms with Crippen LogP contribution in [0.5, 0.6) is 0 Å². The van der Waals surface area contributed by atoms with E-state index in [-0.39, 0.29) is 0 Å². The van der Waals surface area contributed by atoms with Gasteiger partial charge in [-0.05, 0) is 24.8 Å². The van der Waals surface area contributed by atoms with Crippen molar-refractivity contribution >= 4 is 17.3 Å². The lowest BCUT2D eigenvalue weighted by atomic mass is 10.2. The molecular weight excluding hydrogens is 236 g/mol. The third kappa shape index (κ3) is 2.24. The number of aromatic carboxylic acids is 1. The van der Waals surface area contributed by atoms with Gasteiger partial charge in [0.25, 0.3) is 0 Å². The fourth-order valence-electron chi connectivity index (χ4n) is 1.76. The topological polar surface area (TPSA) is 55.1 Å². The minimum absolute atomic E-state index is 0.347. The van der Waals surface area contributed by atoms with E-state index in [1.807, 2.05) is 10.9 Å². The number of carboxylic acid groups (broad SMARTS) is 1. The highest BCUT2D eigenvalue weighted by Crippen LogP contribution is 2.31. The molecule has 2 aromatic rings. The van der Waals surface area contributed by atoms with Crippen LogP contribution in [0.15, 0.2) is 23.8 Å². The summed E-state index contributed by atoms with van der Waals surface area (Å²) < 4.78 is 1.95. The maximum absolute atomic E-state index is 10.8. The highest BCUT2D eigenvalue weighted by atomic mass is 32.1. The lowest BCUT2D eigenvalue weighted by molar-refractivity contribution is 0.0697. The molecule has 0 spiro atoms. The number of carboxylic acids is 1. The highest BCUT2D eigenvalue weighted by molar-refractivity contribution is 7.13. The molecule has 0 bridgehead atoms. The Bertz CT molecular complexity index is 554. The lowest BCUT2D eigenvalue weighted by Crippen LogP contribution is -1.98. The molecule has 1 N–H and O–H groups in total. The molecule has 0 radical (unpaired) electrons. The van der Waals surface area contributed by atoms with Gasteiger partial charge in [-0.25, -0.2) is 4.79 Å². The van der Waals surface area contributed by atoms with E-state index in [1.165, 1.54) is 24.2 Å². The third-order valence-electron chi connectivity index (χ3n) is 2.91. The van der Waals surface area contributed by atoms with Crippen LogP contribution in [0, 0.1) is 5.92 Å². The van der Waals surface area contributed by atoms with E-state index in [0.29, 0.717) is 5.56 Å². The number of rotatable bonds is 4. The number of hydrogen-bond acceptors (Lipinski definition) is 3. The zero-order valence-corrected chi connectivity index (χ0v) is 9.98. The molecular formula is C12H12N2O2S. The quantitative estimate of drug-likeness (QED) is 0.905. The molecule has 1 fully saturated rings. The Morgan fingerprint density at radius 2 is 2.41 bits per heavy atom. The van der Waals surface area contributed by atoms with Crippen molar-refractivity contribution in [2.24, 2.45) is 5.92 Å². The summed E-state index contributed by atoms with van der Waals surface area (Å²) in [6, 6.07) is 1.70. The van der Waals surface area contributed by atoms with Gasteiger partial charge in [-0.1, -0.05) is 0 Å². The maximum atomic E-state index is 10.8. The Morgan fingerprint density at radius 1 is 1.59 bits per heavy atom. The molecule has 2 aromatic heterocycles. The van der Waals surface area contributed by atoms with Crippen LogP contribution in [0.4, 0.5) is 0 Å². The third-order valence-corrected chi connectivity index (χ3v) is 3.89. The van der Waals surface area contributed by atoms with Crippen LogP contribution in [0.3, 0.4) is 0 Å². The normalized spacial score (nSPS) is 15.1. The number of hydrogen-bond donors (Lipinski definition) is 1. The molecule has 1 aliphatic rings. The molecule has 2 heterocycles. The minimum Gasteiger partial charge on any atom is -0.478 e. The molecule has 0 atom stereocenters. The molecule has 0 amide bonds. The van der Waals surface area contributed by atoms with Gasteiger partial charge in [-0.15, -0.1) is 11.3 Å². The first-order valence-corrected chi connectivity index (χ1v) is 6.45. The Labute approximate surface area is 103 Å². The summed E-state index contributed by atoms with van der Waals surface area (Å²) in [5, 5.41) is 14.8. The van der Waals surface area contributed by atoms with E-state index in [9.17, 15) is 4.79 Å². The second-order valence-electron chi connectivity index (χ2n) is 4.40. The zero-order chi connectivity index (χ0) is 11.8. The second kappa shape index (κ2) is 4.00. The van der Waals surface area contributed by atoms with Crippen molar-refractivity contribution in [3.63, 3.8) is 0 Å². The van der Waals surface area contributed by atoms with Gasteiger partial charge in [0, 0.05) is 28.6 Å². The highest BCUT2D eigenvalue weighted by Gasteiger charge is 2.22. The smallest absolute Gasteiger partial charge is 0.336 e. The summed E-state index contributed by atoms with van der Waals surface area (Å²) in [6.07, 6.45) is 6.41. The Morgan fingerprint density at radius 3 is 3.06 bits per heavy atom. The summed E-state index contributed by atoms with van der Waals surface area (Å²) >= 11 is 1.44. The largest absolute Gasteiger partial charge is 0.478 e. The first-order valence-electron chi connectivity index (χ1n) is 5.57. The molecule has 3 rings (SSSR count). The lowest BCUT2D eigenvalue weighted by Gasteiger charge is -1.96. The van der Waals surface area contributed by atoms with Crippen LogP contribution < -0.4 is 0 Å². The number of thiophene rings is 1. The average molecular weight is 248 g/mol. The first kappa shape index (κ1) is 10.5. The van der Waals surface area contributed by atoms with Crippen LogP contribution in [-0.4, -0.2) is 20.9 Å².